The number of carbonyl (C=O) groups excluding carboxylic acids is 1. The average molecular weight is 383 g/mol. The summed E-state index contributed by atoms with van der Waals surface area (Å²) in [6, 6.07) is 9.25. The van der Waals surface area contributed by atoms with Crippen molar-refractivity contribution < 1.29 is 19.0 Å². The lowest BCUT2D eigenvalue weighted by Crippen LogP contribution is -2.22. The fraction of sp³-hybridized carbons (Fsp3) is 0.211. The summed E-state index contributed by atoms with van der Waals surface area (Å²) in [5, 5.41) is 3.66. The second-order valence-corrected chi connectivity index (χ2v) is 6.95. The maximum Gasteiger partial charge on any atom is 0.263 e. The molecule has 3 aromatic rings. The van der Waals surface area contributed by atoms with E-state index in [0.29, 0.717) is 35.2 Å². The molecule has 0 saturated carbocycles. The van der Waals surface area contributed by atoms with Crippen molar-refractivity contribution in [1.82, 2.24) is 15.3 Å². The van der Waals surface area contributed by atoms with E-state index in [2.05, 4.69) is 15.3 Å². The summed E-state index contributed by atoms with van der Waals surface area (Å²) in [5.41, 5.74) is 1.63. The molecule has 0 unspecified atom stereocenters. The van der Waals surface area contributed by atoms with E-state index in [4.69, 9.17) is 14.2 Å². The van der Waals surface area contributed by atoms with Gasteiger partial charge in [-0.25, -0.2) is 4.98 Å². The first kappa shape index (κ1) is 17.3. The van der Waals surface area contributed by atoms with Crippen LogP contribution in [-0.2, 0) is 13.2 Å². The number of amides is 1. The molecular weight excluding hydrogens is 366 g/mol. The maximum atomic E-state index is 12.5. The van der Waals surface area contributed by atoms with Gasteiger partial charge in [-0.3, -0.25) is 9.78 Å². The van der Waals surface area contributed by atoms with Gasteiger partial charge in [-0.2, -0.15) is 0 Å². The highest BCUT2D eigenvalue weighted by molar-refractivity contribution is 7.13. The Kier molecular flexibility index (Phi) is 4.88. The summed E-state index contributed by atoms with van der Waals surface area (Å²) in [7, 11) is 0. The highest BCUT2D eigenvalue weighted by Gasteiger charge is 2.17. The minimum absolute atomic E-state index is 0.157. The molecule has 2 aromatic heterocycles. The lowest BCUT2D eigenvalue weighted by atomic mass is 10.2. The van der Waals surface area contributed by atoms with Gasteiger partial charge in [0.15, 0.2) is 11.5 Å². The molecule has 1 aromatic carbocycles. The summed E-state index contributed by atoms with van der Waals surface area (Å²) >= 11 is 1.33. The molecule has 3 heterocycles. The minimum atomic E-state index is -0.157. The average Bonchev–Trinajstić information content (AvgIpc) is 3.31. The molecule has 0 atom stereocenters. The van der Waals surface area contributed by atoms with E-state index in [-0.39, 0.29) is 12.7 Å². The van der Waals surface area contributed by atoms with Crippen LogP contribution in [0.2, 0.25) is 0 Å². The number of thiazole rings is 1. The smallest absolute Gasteiger partial charge is 0.263 e. The number of pyridine rings is 1. The van der Waals surface area contributed by atoms with Crippen LogP contribution >= 0.6 is 11.3 Å². The molecule has 4 rings (SSSR count). The Balaban J connectivity index is 1.36. The number of rotatable bonds is 6. The van der Waals surface area contributed by atoms with Gasteiger partial charge in [0, 0.05) is 12.7 Å². The van der Waals surface area contributed by atoms with Crippen LogP contribution in [0.4, 0.5) is 0 Å². The molecule has 138 valence electrons. The zero-order chi connectivity index (χ0) is 18.6. The number of hydrogen-bond donors (Lipinski definition) is 1. The Bertz CT molecular complexity index is 959. The molecule has 7 nitrogen and oxygen atoms in total. The van der Waals surface area contributed by atoms with E-state index in [1.54, 1.807) is 18.5 Å². The standard InChI is InChI=1S/C19H17N3O4S/c1-12-18(27-17(22-12)10-24-14-3-2-6-20-9-14)19(23)21-8-13-4-5-15-16(7-13)26-11-25-15/h2-7,9H,8,10-11H2,1H3,(H,21,23). The summed E-state index contributed by atoms with van der Waals surface area (Å²) in [5.74, 6) is 1.93. The van der Waals surface area contributed by atoms with Crippen LogP contribution < -0.4 is 19.5 Å². The zero-order valence-corrected chi connectivity index (χ0v) is 15.4. The van der Waals surface area contributed by atoms with Crippen LogP contribution in [0.5, 0.6) is 17.2 Å². The molecular formula is C19H17N3O4S. The van der Waals surface area contributed by atoms with Gasteiger partial charge >= 0.3 is 0 Å². The predicted molar refractivity (Wildman–Crippen MR) is 99.2 cm³/mol. The van der Waals surface area contributed by atoms with E-state index in [0.717, 1.165) is 16.3 Å². The third kappa shape index (κ3) is 4.01. The van der Waals surface area contributed by atoms with Crippen molar-refractivity contribution in [1.29, 1.82) is 0 Å². The summed E-state index contributed by atoms with van der Waals surface area (Å²) in [6.45, 7) is 2.75. The molecule has 27 heavy (non-hydrogen) atoms. The predicted octanol–water partition coefficient (Wildman–Crippen LogP) is 3.08. The number of ether oxygens (including phenoxy) is 3. The van der Waals surface area contributed by atoms with E-state index in [9.17, 15) is 4.79 Å². The Hall–Kier alpha value is -3.13. The molecule has 0 bridgehead atoms. The van der Waals surface area contributed by atoms with Crippen LogP contribution in [0.3, 0.4) is 0 Å². The fourth-order valence-corrected chi connectivity index (χ4v) is 3.51. The normalized spacial score (nSPS) is 12.0. The zero-order valence-electron chi connectivity index (χ0n) is 14.6. The molecule has 1 amide bonds. The highest BCUT2D eigenvalue weighted by Crippen LogP contribution is 2.32. The first-order valence-electron chi connectivity index (χ1n) is 8.35. The summed E-state index contributed by atoms with van der Waals surface area (Å²) in [6.07, 6.45) is 3.32. The van der Waals surface area contributed by atoms with Gasteiger partial charge in [0.1, 0.15) is 22.2 Å². The number of nitrogens with zero attached hydrogens (tertiary/aromatic N) is 2. The molecule has 1 aliphatic rings. The minimum Gasteiger partial charge on any atom is -0.485 e. The van der Waals surface area contributed by atoms with Crippen molar-refractivity contribution in [3.8, 4) is 17.2 Å². The second-order valence-electron chi connectivity index (χ2n) is 5.87. The van der Waals surface area contributed by atoms with E-state index >= 15 is 0 Å². The molecule has 0 fully saturated rings. The second kappa shape index (κ2) is 7.63. The van der Waals surface area contributed by atoms with Gasteiger partial charge in [0.25, 0.3) is 5.91 Å². The van der Waals surface area contributed by atoms with Gasteiger partial charge in [0.05, 0.1) is 11.9 Å². The number of aromatic nitrogens is 2. The monoisotopic (exact) mass is 383 g/mol. The Morgan fingerprint density at radius 1 is 1.30 bits per heavy atom. The molecule has 1 aliphatic heterocycles. The maximum absolute atomic E-state index is 12.5. The fourth-order valence-electron chi connectivity index (χ4n) is 2.62. The molecule has 0 aliphatic carbocycles. The highest BCUT2D eigenvalue weighted by atomic mass is 32.1. The largest absolute Gasteiger partial charge is 0.485 e. The summed E-state index contributed by atoms with van der Waals surface area (Å²) in [4.78, 5) is 21.5. The van der Waals surface area contributed by atoms with Gasteiger partial charge in [-0.15, -0.1) is 11.3 Å². The number of fused-ring (bicyclic) bond motifs is 1. The molecule has 8 heteroatoms. The van der Waals surface area contributed by atoms with Gasteiger partial charge in [0.2, 0.25) is 6.79 Å². The SMILES string of the molecule is Cc1nc(COc2cccnc2)sc1C(=O)NCc1ccc2c(c1)OCO2. The van der Waals surface area contributed by atoms with Crippen LogP contribution in [-0.4, -0.2) is 22.7 Å². The van der Waals surface area contributed by atoms with Crippen molar-refractivity contribution in [3.63, 3.8) is 0 Å². The van der Waals surface area contributed by atoms with Crippen molar-refractivity contribution in [2.24, 2.45) is 0 Å². The van der Waals surface area contributed by atoms with Gasteiger partial charge in [-0.05, 0) is 36.8 Å². The quantitative estimate of drug-likeness (QED) is 0.704. The van der Waals surface area contributed by atoms with E-state index in [1.165, 1.54) is 11.3 Å². The number of aryl methyl sites for hydroxylation is 1. The van der Waals surface area contributed by atoms with Gasteiger partial charge < -0.3 is 19.5 Å². The first-order valence-corrected chi connectivity index (χ1v) is 9.16. The van der Waals surface area contributed by atoms with Crippen LogP contribution in [0.25, 0.3) is 0 Å². The number of benzene rings is 1. The third-order valence-corrected chi connectivity index (χ3v) is 5.06. The Morgan fingerprint density at radius 3 is 3.04 bits per heavy atom. The summed E-state index contributed by atoms with van der Waals surface area (Å²) < 4.78 is 16.3. The Labute approximate surface area is 159 Å². The van der Waals surface area contributed by atoms with Crippen LogP contribution in [0.1, 0.15) is 25.9 Å². The van der Waals surface area contributed by atoms with Crippen LogP contribution in [0.15, 0.2) is 42.7 Å². The molecule has 0 radical (unpaired) electrons. The third-order valence-electron chi connectivity index (χ3n) is 3.93. The lowest BCUT2D eigenvalue weighted by Gasteiger charge is -2.05. The van der Waals surface area contributed by atoms with Crippen molar-refractivity contribution in [2.45, 2.75) is 20.1 Å². The topological polar surface area (TPSA) is 82.6 Å². The van der Waals surface area contributed by atoms with E-state index in [1.807, 2.05) is 31.2 Å². The van der Waals surface area contributed by atoms with Crippen molar-refractivity contribution in [2.75, 3.05) is 6.79 Å². The van der Waals surface area contributed by atoms with Crippen LogP contribution in [0, 0.1) is 6.92 Å². The lowest BCUT2D eigenvalue weighted by molar-refractivity contribution is 0.0954. The van der Waals surface area contributed by atoms with E-state index < -0.39 is 0 Å². The number of carbonyl (C=O) groups is 1. The molecule has 1 N–H and O–H groups in total. The van der Waals surface area contributed by atoms with Gasteiger partial charge in [-0.1, -0.05) is 6.07 Å². The Morgan fingerprint density at radius 2 is 2.19 bits per heavy atom. The van der Waals surface area contributed by atoms with Crippen molar-refractivity contribution in [3.05, 3.63) is 63.9 Å². The number of nitrogens with one attached hydrogen (secondary N) is 1. The first-order chi connectivity index (χ1) is 13.2. The number of hydrogen-bond acceptors (Lipinski definition) is 7. The van der Waals surface area contributed by atoms with Crippen molar-refractivity contribution >= 4 is 17.2 Å². The molecule has 0 spiro atoms. The molecule has 0 saturated heterocycles.